The second kappa shape index (κ2) is 7.12. The van der Waals surface area contributed by atoms with Crippen LogP contribution in [0.3, 0.4) is 0 Å². The highest BCUT2D eigenvalue weighted by atomic mass is 16.2. The first-order valence-electron chi connectivity index (χ1n) is 8.39. The maximum atomic E-state index is 12.5. The van der Waals surface area contributed by atoms with E-state index in [-0.39, 0.29) is 23.5 Å². The summed E-state index contributed by atoms with van der Waals surface area (Å²) >= 11 is 0. The molecule has 0 saturated carbocycles. The minimum Gasteiger partial charge on any atom is -0.353 e. The molecule has 1 aromatic rings. The van der Waals surface area contributed by atoms with Gasteiger partial charge in [-0.25, -0.2) is 0 Å². The third-order valence-corrected chi connectivity index (χ3v) is 4.18. The first-order chi connectivity index (χ1) is 11.2. The second-order valence-electron chi connectivity index (χ2n) is 7.43. The minimum atomic E-state index is -0.410. The van der Waals surface area contributed by atoms with Crippen molar-refractivity contribution < 1.29 is 14.4 Å². The summed E-state index contributed by atoms with van der Waals surface area (Å²) in [6, 6.07) is 6.97. The lowest BCUT2D eigenvalue weighted by Gasteiger charge is -2.22. The number of rotatable bonds is 5. The van der Waals surface area contributed by atoms with E-state index in [4.69, 9.17) is 0 Å². The fourth-order valence-electron chi connectivity index (χ4n) is 2.67. The summed E-state index contributed by atoms with van der Waals surface area (Å²) in [6.45, 7) is 7.60. The lowest BCUT2D eigenvalue weighted by atomic mass is 9.87. The lowest BCUT2D eigenvalue weighted by molar-refractivity contribution is -0.129. The van der Waals surface area contributed by atoms with E-state index in [0.717, 1.165) is 12.8 Å². The van der Waals surface area contributed by atoms with Crippen LogP contribution in [0.1, 0.15) is 67.7 Å². The Hall–Kier alpha value is -2.23. The van der Waals surface area contributed by atoms with Gasteiger partial charge in [0.25, 0.3) is 0 Å². The standard InChI is InChI=1S/C20H25NO3/c1-13(21-19(24)20(2,3)4)8-7-9-14-12-17(22)15-10-5-6-11-16(15)18(14)23/h5-6,10-13H,7-9H2,1-4H3,(H,21,24). The number of nitrogens with one attached hydrogen (secondary N) is 1. The van der Waals surface area contributed by atoms with Crippen molar-refractivity contribution in [3.8, 4) is 0 Å². The summed E-state index contributed by atoms with van der Waals surface area (Å²) in [4.78, 5) is 36.5. The number of carbonyl (C=O) groups excluding carboxylic acids is 3. The molecule has 4 nitrogen and oxygen atoms in total. The van der Waals surface area contributed by atoms with E-state index in [0.29, 0.717) is 23.1 Å². The zero-order valence-electron chi connectivity index (χ0n) is 14.8. The van der Waals surface area contributed by atoms with E-state index in [2.05, 4.69) is 5.32 Å². The van der Waals surface area contributed by atoms with Gasteiger partial charge in [0.05, 0.1) is 0 Å². The van der Waals surface area contributed by atoms with Crippen molar-refractivity contribution in [2.24, 2.45) is 5.41 Å². The van der Waals surface area contributed by atoms with Crippen molar-refractivity contribution in [3.05, 3.63) is 47.0 Å². The predicted molar refractivity (Wildman–Crippen MR) is 94.1 cm³/mol. The number of Topliss-reactive ketones (excluding diaryl/α,β-unsaturated/α-hetero) is 1. The van der Waals surface area contributed by atoms with Gasteiger partial charge in [0.2, 0.25) is 5.91 Å². The van der Waals surface area contributed by atoms with E-state index < -0.39 is 5.41 Å². The molecule has 1 unspecified atom stereocenters. The van der Waals surface area contributed by atoms with E-state index in [1.54, 1.807) is 24.3 Å². The molecular weight excluding hydrogens is 302 g/mol. The topological polar surface area (TPSA) is 63.2 Å². The normalized spacial score (nSPS) is 15.6. The van der Waals surface area contributed by atoms with Crippen molar-refractivity contribution in [2.45, 2.75) is 53.0 Å². The van der Waals surface area contributed by atoms with Crippen molar-refractivity contribution in [3.63, 3.8) is 0 Å². The van der Waals surface area contributed by atoms with Gasteiger partial charge in [-0.05, 0) is 32.3 Å². The van der Waals surface area contributed by atoms with E-state index in [1.165, 1.54) is 6.08 Å². The van der Waals surface area contributed by atoms with Crippen LogP contribution in [-0.2, 0) is 4.79 Å². The molecule has 0 aromatic heterocycles. The molecule has 1 aliphatic carbocycles. The first kappa shape index (κ1) is 18.1. The molecule has 0 fully saturated rings. The third-order valence-electron chi connectivity index (χ3n) is 4.18. The van der Waals surface area contributed by atoms with E-state index >= 15 is 0 Å². The molecule has 1 atom stereocenters. The average molecular weight is 327 g/mol. The van der Waals surface area contributed by atoms with Crippen LogP contribution in [-0.4, -0.2) is 23.5 Å². The zero-order chi connectivity index (χ0) is 17.9. The van der Waals surface area contributed by atoms with Crippen LogP contribution in [0.4, 0.5) is 0 Å². The van der Waals surface area contributed by atoms with Crippen molar-refractivity contribution in [1.29, 1.82) is 0 Å². The van der Waals surface area contributed by atoms with Crippen LogP contribution >= 0.6 is 0 Å². The number of fused-ring (bicyclic) bond motifs is 1. The van der Waals surface area contributed by atoms with E-state index in [1.807, 2.05) is 27.7 Å². The Morgan fingerprint density at radius 3 is 2.38 bits per heavy atom. The molecule has 0 saturated heterocycles. The van der Waals surface area contributed by atoms with Crippen LogP contribution < -0.4 is 5.32 Å². The average Bonchev–Trinajstić information content (AvgIpc) is 2.51. The third kappa shape index (κ3) is 4.19. The minimum absolute atomic E-state index is 0.0204. The smallest absolute Gasteiger partial charge is 0.225 e. The van der Waals surface area contributed by atoms with Crippen LogP contribution in [0, 0.1) is 5.41 Å². The largest absolute Gasteiger partial charge is 0.353 e. The Balaban J connectivity index is 1.91. The maximum Gasteiger partial charge on any atom is 0.225 e. The van der Waals surface area contributed by atoms with Gasteiger partial charge in [-0.3, -0.25) is 14.4 Å². The maximum absolute atomic E-state index is 12.5. The molecule has 0 aliphatic heterocycles. The van der Waals surface area contributed by atoms with Gasteiger partial charge in [0.15, 0.2) is 11.6 Å². The predicted octanol–water partition coefficient (Wildman–Crippen LogP) is 3.71. The van der Waals surface area contributed by atoms with Crippen molar-refractivity contribution in [2.75, 3.05) is 0 Å². The van der Waals surface area contributed by atoms with Gasteiger partial charge < -0.3 is 5.32 Å². The van der Waals surface area contributed by atoms with Crippen molar-refractivity contribution >= 4 is 17.5 Å². The molecule has 1 amide bonds. The number of hydrogen-bond acceptors (Lipinski definition) is 3. The fourth-order valence-corrected chi connectivity index (χ4v) is 2.67. The van der Waals surface area contributed by atoms with Crippen LogP contribution in [0.15, 0.2) is 35.9 Å². The molecule has 0 radical (unpaired) electrons. The van der Waals surface area contributed by atoms with Gasteiger partial charge in [-0.2, -0.15) is 0 Å². The number of hydrogen-bond donors (Lipinski definition) is 1. The number of amides is 1. The Bertz CT molecular complexity index is 695. The Morgan fingerprint density at radius 1 is 1.12 bits per heavy atom. The van der Waals surface area contributed by atoms with Crippen LogP contribution in [0.5, 0.6) is 0 Å². The molecule has 128 valence electrons. The van der Waals surface area contributed by atoms with E-state index in [9.17, 15) is 14.4 Å². The van der Waals surface area contributed by atoms with Gasteiger partial charge in [-0.1, -0.05) is 45.0 Å². The molecule has 1 aromatic carbocycles. The molecule has 4 heteroatoms. The first-order valence-corrected chi connectivity index (χ1v) is 8.39. The summed E-state index contributed by atoms with van der Waals surface area (Å²) in [6.07, 6.45) is 3.53. The Kier molecular flexibility index (Phi) is 5.37. The molecule has 2 rings (SSSR count). The summed E-state index contributed by atoms with van der Waals surface area (Å²) < 4.78 is 0. The Morgan fingerprint density at radius 2 is 1.75 bits per heavy atom. The SMILES string of the molecule is CC(CCCC1=CC(=O)c2ccccc2C1=O)NC(=O)C(C)(C)C. The molecule has 1 aliphatic rings. The highest BCUT2D eigenvalue weighted by Gasteiger charge is 2.25. The molecular formula is C20H25NO3. The summed E-state index contributed by atoms with van der Waals surface area (Å²) in [5, 5.41) is 2.98. The molecule has 24 heavy (non-hydrogen) atoms. The molecule has 0 spiro atoms. The van der Waals surface area contributed by atoms with Gasteiger partial charge >= 0.3 is 0 Å². The summed E-state index contributed by atoms with van der Waals surface area (Å²) in [5.41, 5.74) is 1.13. The number of benzene rings is 1. The Labute approximate surface area is 143 Å². The number of ketones is 2. The number of allylic oxidation sites excluding steroid dienone is 2. The molecule has 0 heterocycles. The van der Waals surface area contributed by atoms with Crippen molar-refractivity contribution in [1.82, 2.24) is 5.32 Å². The van der Waals surface area contributed by atoms with Gasteiger partial charge in [0.1, 0.15) is 0 Å². The quantitative estimate of drug-likeness (QED) is 0.896. The van der Waals surface area contributed by atoms with Gasteiger partial charge in [0, 0.05) is 28.2 Å². The zero-order valence-corrected chi connectivity index (χ0v) is 14.8. The highest BCUT2D eigenvalue weighted by Crippen LogP contribution is 2.24. The second-order valence-corrected chi connectivity index (χ2v) is 7.43. The lowest BCUT2D eigenvalue weighted by Crippen LogP contribution is -2.40. The summed E-state index contributed by atoms with van der Waals surface area (Å²) in [7, 11) is 0. The summed E-state index contributed by atoms with van der Waals surface area (Å²) in [5.74, 6) is -0.141. The van der Waals surface area contributed by atoms with Crippen LogP contribution in [0.25, 0.3) is 0 Å². The highest BCUT2D eigenvalue weighted by molar-refractivity contribution is 6.24. The molecule has 0 bridgehead atoms. The molecule has 1 N–H and O–H groups in total. The van der Waals surface area contributed by atoms with Crippen LogP contribution in [0.2, 0.25) is 0 Å². The number of carbonyl (C=O) groups is 3. The van der Waals surface area contributed by atoms with Gasteiger partial charge in [-0.15, -0.1) is 0 Å². The monoisotopic (exact) mass is 327 g/mol. The fraction of sp³-hybridized carbons (Fsp3) is 0.450.